The van der Waals surface area contributed by atoms with Crippen LogP contribution in [-0.4, -0.2) is 53.4 Å². The Morgan fingerprint density at radius 3 is 2.61 bits per heavy atom. The van der Waals surface area contributed by atoms with E-state index in [9.17, 15) is 9.59 Å². The van der Waals surface area contributed by atoms with Gasteiger partial charge < -0.3 is 15.0 Å². The molecule has 4 rings (SSSR count). The molecule has 0 saturated carbocycles. The lowest BCUT2D eigenvalue weighted by atomic mass is 10.1. The Balaban J connectivity index is 1.41. The summed E-state index contributed by atoms with van der Waals surface area (Å²) in [7, 11) is 0. The number of aromatic nitrogens is 1. The number of rotatable bonds is 4. The fourth-order valence-corrected chi connectivity index (χ4v) is 4.55. The molecule has 6 nitrogen and oxygen atoms in total. The van der Waals surface area contributed by atoms with Crippen LogP contribution in [0.5, 0.6) is 0 Å². The number of H-pyrrole nitrogens is 1. The summed E-state index contributed by atoms with van der Waals surface area (Å²) in [5.74, 6) is -0.161. The van der Waals surface area contributed by atoms with Gasteiger partial charge in [-0.15, -0.1) is 0 Å². The van der Waals surface area contributed by atoms with Gasteiger partial charge in [-0.25, -0.2) is 0 Å². The molecule has 0 spiro atoms. The van der Waals surface area contributed by atoms with Crippen molar-refractivity contribution in [2.24, 2.45) is 0 Å². The maximum Gasteiger partial charge on any atom is 0.253 e. The number of carbonyl (C=O) groups is 2. The predicted octanol–water partition coefficient (Wildman–Crippen LogP) is 2.78. The van der Waals surface area contributed by atoms with Gasteiger partial charge in [0.25, 0.3) is 5.91 Å². The second-order valence-corrected chi connectivity index (χ2v) is 7.93. The van der Waals surface area contributed by atoms with Crippen molar-refractivity contribution >= 4 is 11.7 Å². The molecule has 28 heavy (non-hydrogen) atoms. The zero-order valence-electron chi connectivity index (χ0n) is 16.6. The lowest BCUT2D eigenvalue weighted by Gasteiger charge is -2.35. The van der Waals surface area contributed by atoms with E-state index >= 15 is 0 Å². The summed E-state index contributed by atoms with van der Waals surface area (Å²) in [6.45, 7) is 7.53. The Morgan fingerprint density at radius 2 is 1.93 bits per heavy atom. The molecule has 3 heterocycles. The minimum absolute atomic E-state index is 0.0539. The van der Waals surface area contributed by atoms with Crippen LogP contribution in [0.4, 0.5) is 0 Å². The van der Waals surface area contributed by atoms with Crippen LogP contribution in [0.1, 0.15) is 57.1 Å². The molecule has 2 aliphatic rings. The molecule has 2 saturated heterocycles. The lowest BCUT2D eigenvalue weighted by molar-refractivity contribution is -0.0502. The molecule has 6 heteroatoms. The lowest BCUT2D eigenvalue weighted by Crippen LogP contribution is -2.43. The summed E-state index contributed by atoms with van der Waals surface area (Å²) >= 11 is 0. The third-order valence-electron chi connectivity index (χ3n) is 5.94. The van der Waals surface area contributed by atoms with Crippen LogP contribution < -0.4 is 5.32 Å². The fourth-order valence-electron chi connectivity index (χ4n) is 4.55. The summed E-state index contributed by atoms with van der Waals surface area (Å²) < 4.78 is 6.09. The first kappa shape index (κ1) is 18.9. The third-order valence-corrected chi connectivity index (χ3v) is 5.94. The number of fused-ring (bicyclic) bond motifs is 1. The van der Waals surface area contributed by atoms with E-state index in [1.807, 2.05) is 32.0 Å². The van der Waals surface area contributed by atoms with Crippen molar-refractivity contribution in [3.8, 4) is 0 Å². The van der Waals surface area contributed by atoms with Gasteiger partial charge in [-0.05, 0) is 31.4 Å². The molecule has 0 unspecified atom stereocenters. The second-order valence-electron chi connectivity index (χ2n) is 7.93. The maximum atomic E-state index is 12.9. The van der Waals surface area contributed by atoms with Crippen LogP contribution in [-0.2, 0) is 4.74 Å². The summed E-state index contributed by atoms with van der Waals surface area (Å²) in [6, 6.07) is 10.7. The smallest absolute Gasteiger partial charge is 0.253 e. The van der Waals surface area contributed by atoms with Gasteiger partial charge in [0.05, 0.1) is 24.0 Å². The molecule has 148 valence electrons. The van der Waals surface area contributed by atoms with Crippen molar-refractivity contribution in [3.05, 3.63) is 58.4 Å². The van der Waals surface area contributed by atoms with E-state index in [4.69, 9.17) is 4.74 Å². The predicted molar refractivity (Wildman–Crippen MR) is 107 cm³/mol. The number of hydrogen-bond acceptors (Lipinski definition) is 4. The molecule has 1 aromatic heterocycles. The first-order valence-electron chi connectivity index (χ1n) is 9.85. The second kappa shape index (κ2) is 7.53. The topological polar surface area (TPSA) is 74.4 Å². The molecule has 1 aromatic carbocycles. The van der Waals surface area contributed by atoms with Gasteiger partial charge >= 0.3 is 0 Å². The minimum Gasteiger partial charge on any atom is -0.371 e. The monoisotopic (exact) mass is 381 g/mol. The molecule has 3 atom stereocenters. The number of benzene rings is 1. The molecule has 0 radical (unpaired) electrons. The number of morpholine rings is 1. The van der Waals surface area contributed by atoms with Crippen molar-refractivity contribution in [3.63, 3.8) is 0 Å². The van der Waals surface area contributed by atoms with E-state index in [0.717, 1.165) is 30.8 Å². The molecule has 0 aliphatic carbocycles. The molecule has 2 aliphatic heterocycles. The van der Waals surface area contributed by atoms with Crippen molar-refractivity contribution in [2.75, 3.05) is 19.7 Å². The highest BCUT2D eigenvalue weighted by Gasteiger charge is 2.38. The average molecular weight is 381 g/mol. The van der Waals surface area contributed by atoms with Crippen LogP contribution in [0.15, 0.2) is 30.3 Å². The first-order valence-corrected chi connectivity index (χ1v) is 9.85. The molecule has 0 bridgehead atoms. The zero-order chi connectivity index (χ0) is 19.8. The number of nitrogens with one attached hydrogen (secondary N) is 2. The summed E-state index contributed by atoms with van der Waals surface area (Å²) in [5, 5.41) is 3.17. The van der Waals surface area contributed by atoms with E-state index in [1.165, 1.54) is 12.5 Å². The maximum absolute atomic E-state index is 12.9. The largest absolute Gasteiger partial charge is 0.371 e. The summed E-state index contributed by atoms with van der Waals surface area (Å²) in [6.07, 6.45) is 0.967. The van der Waals surface area contributed by atoms with Gasteiger partial charge in [0.15, 0.2) is 5.78 Å². The summed E-state index contributed by atoms with van der Waals surface area (Å²) in [4.78, 5) is 30.1. The van der Waals surface area contributed by atoms with Crippen LogP contribution in [0.25, 0.3) is 0 Å². The number of carbonyl (C=O) groups excluding carboxylic acids is 2. The number of hydrogen-bond donors (Lipinski definition) is 2. The van der Waals surface area contributed by atoms with Gasteiger partial charge in [0, 0.05) is 37.8 Å². The van der Waals surface area contributed by atoms with E-state index in [1.54, 1.807) is 0 Å². The Labute approximate surface area is 165 Å². The van der Waals surface area contributed by atoms with E-state index in [2.05, 4.69) is 27.3 Å². The number of nitrogens with zero attached hydrogens (tertiary/aromatic N) is 1. The van der Waals surface area contributed by atoms with Crippen LogP contribution >= 0.6 is 0 Å². The van der Waals surface area contributed by atoms with Crippen molar-refractivity contribution < 1.29 is 14.3 Å². The number of amides is 1. The highest BCUT2D eigenvalue weighted by atomic mass is 16.5. The van der Waals surface area contributed by atoms with Crippen LogP contribution in [0, 0.1) is 13.8 Å². The van der Waals surface area contributed by atoms with Gasteiger partial charge in [0.2, 0.25) is 0 Å². The quantitative estimate of drug-likeness (QED) is 0.799. The standard InChI is InChI=1S/C22H27N3O3/c1-13-20(14(2)23-21(13)15(3)26)22(27)24-17-9-18-12-28-19(11-25(18)10-17)16-7-5-4-6-8-16/h4-8,17-19,23H,9-12H2,1-3H3,(H,24,27)/t17-,18+,19-/m1/s1. The Bertz CT molecular complexity index is 890. The van der Waals surface area contributed by atoms with Gasteiger partial charge in [-0.1, -0.05) is 30.3 Å². The minimum atomic E-state index is -0.107. The number of ketones is 1. The van der Waals surface area contributed by atoms with Crippen molar-refractivity contribution in [1.29, 1.82) is 0 Å². The van der Waals surface area contributed by atoms with Crippen molar-refractivity contribution in [1.82, 2.24) is 15.2 Å². The number of ether oxygens (including phenoxy) is 1. The first-order chi connectivity index (χ1) is 13.4. The molecule has 1 amide bonds. The third kappa shape index (κ3) is 3.50. The van der Waals surface area contributed by atoms with E-state index < -0.39 is 0 Å². The number of Topliss-reactive ketones (excluding diaryl/α,β-unsaturated/α-hetero) is 1. The highest BCUT2D eigenvalue weighted by molar-refractivity contribution is 6.02. The van der Waals surface area contributed by atoms with Crippen LogP contribution in [0.2, 0.25) is 0 Å². The Kier molecular flexibility index (Phi) is 5.08. The van der Waals surface area contributed by atoms with Gasteiger partial charge in [0.1, 0.15) is 0 Å². The molecule has 2 N–H and O–H groups in total. The zero-order valence-corrected chi connectivity index (χ0v) is 16.6. The summed E-state index contributed by atoms with van der Waals surface area (Å²) in [5.41, 5.74) is 3.77. The molecular weight excluding hydrogens is 354 g/mol. The number of aromatic amines is 1. The van der Waals surface area contributed by atoms with E-state index in [0.29, 0.717) is 23.9 Å². The molecule has 2 fully saturated rings. The highest BCUT2D eigenvalue weighted by Crippen LogP contribution is 2.30. The Morgan fingerprint density at radius 1 is 1.18 bits per heavy atom. The van der Waals surface area contributed by atoms with Gasteiger partial charge in [-0.3, -0.25) is 14.5 Å². The average Bonchev–Trinajstić information content (AvgIpc) is 3.21. The Hall–Kier alpha value is -2.44. The molecule has 2 aromatic rings. The molecular formula is C22H27N3O3. The van der Waals surface area contributed by atoms with Crippen molar-refractivity contribution in [2.45, 2.75) is 45.4 Å². The van der Waals surface area contributed by atoms with E-state index in [-0.39, 0.29) is 23.8 Å². The SMILES string of the molecule is CC(=O)c1[nH]c(C)c(C(=O)N[C@@H]2C[C@H]3CO[C@@H](c4ccccc4)CN3C2)c1C. The normalized spacial score (nSPS) is 24.8. The number of aryl methyl sites for hydroxylation is 1. The van der Waals surface area contributed by atoms with Gasteiger partial charge in [-0.2, -0.15) is 0 Å². The van der Waals surface area contributed by atoms with Crippen LogP contribution in [0.3, 0.4) is 0 Å². The fraction of sp³-hybridized carbons (Fsp3) is 0.455.